The molecular formula is C18H18F3N3O. The molecule has 0 radical (unpaired) electrons. The van der Waals surface area contributed by atoms with Gasteiger partial charge in [-0.15, -0.1) is 0 Å². The summed E-state index contributed by atoms with van der Waals surface area (Å²) in [6, 6.07) is 12.6. The molecule has 0 spiro atoms. The SMILES string of the molecule is CC(O)CNc1nc2ccccc2n1Cc1ccc(C(F)(F)F)cc1. The third-order valence-corrected chi connectivity index (χ3v) is 3.83. The molecule has 3 aromatic rings. The Morgan fingerprint density at radius 1 is 1.12 bits per heavy atom. The van der Waals surface area contributed by atoms with Gasteiger partial charge in [-0.3, -0.25) is 0 Å². The summed E-state index contributed by atoms with van der Waals surface area (Å²) in [5.41, 5.74) is 1.72. The fraction of sp³-hybridized carbons (Fsp3) is 0.278. The number of aliphatic hydroxyl groups excluding tert-OH is 1. The molecular weight excluding hydrogens is 331 g/mol. The molecule has 1 unspecified atom stereocenters. The Balaban J connectivity index is 1.92. The molecule has 0 aliphatic heterocycles. The minimum Gasteiger partial charge on any atom is -0.392 e. The number of nitrogens with zero attached hydrogens (tertiary/aromatic N) is 2. The minimum absolute atomic E-state index is 0.330. The number of alkyl halides is 3. The monoisotopic (exact) mass is 349 g/mol. The van der Waals surface area contributed by atoms with E-state index < -0.39 is 17.8 Å². The lowest BCUT2D eigenvalue weighted by Crippen LogP contribution is -2.18. The van der Waals surface area contributed by atoms with Gasteiger partial charge in [-0.25, -0.2) is 4.98 Å². The first kappa shape index (κ1) is 17.3. The van der Waals surface area contributed by atoms with E-state index in [4.69, 9.17) is 0 Å². The summed E-state index contributed by atoms with van der Waals surface area (Å²) in [6.07, 6.45) is -4.89. The van der Waals surface area contributed by atoms with Crippen LogP contribution in [-0.4, -0.2) is 27.3 Å². The predicted octanol–water partition coefficient (Wildman–Crippen LogP) is 3.90. The minimum atomic E-state index is -4.34. The number of aliphatic hydroxyl groups is 1. The summed E-state index contributed by atoms with van der Waals surface area (Å²) in [5, 5.41) is 12.5. The fourth-order valence-electron chi connectivity index (χ4n) is 2.59. The quantitative estimate of drug-likeness (QED) is 0.735. The van der Waals surface area contributed by atoms with Crippen LogP contribution in [0.3, 0.4) is 0 Å². The average Bonchev–Trinajstić information content (AvgIpc) is 2.90. The Hall–Kier alpha value is -2.54. The molecule has 1 aromatic heterocycles. The Bertz CT molecular complexity index is 854. The highest BCUT2D eigenvalue weighted by atomic mass is 19.4. The van der Waals surface area contributed by atoms with Gasteiger partial charge >= 0.3 is 6.18 Å². The van der Waals surface area contributed by atoms with E-state index in [1.807, 2.05) is 28.8 Å². The van der Waals surface area contributed by atoms with Crippen LogP contribution in [0.15, 0.2) is 48.5 Å². The third-order valence-electron chi connectivity index (χ3n) is 3.83. The van der Waals surface area contributed by atoms with Crippen LogP contribution in [0.5, 0.6) is 0 Å². The standard InChI is InChI=1S/C18H18F3N3O/c1-12(25)10-22-17-23-15-4-2-3-5-16(15)24(17)11-13-6-8-14(9-7-13)18(19,20)21/h2-9,12,25H,10-11H2,1H3,(H,22,23). The Labute approximate surface area is 142 Å². The van der Waals surface area contributed by atoms with E-state index in [1.54, 1.807) is 6.92 Å². The number of hydrogen-bond donors (Lipinski definition) is 2. The number of hydrogen-bond acceptors (Lipinski definition) is 3. The second-order valence-corrected chi connectivity index (χ2v) is 5.93. The molecule has 0 aliphatic carbocycles. The maximum atomic E-state index is 12.7. The van der Waals surface area contributed by atoms with E-state index in [1.165, 1.54) is 12.1 Å². The number of para-hydroxylation sites is 2. The maximum Gasteiger partial charge on any atom is 0.416 e. The zero-order valence-electron chi connectivity index (χ0n) is 13.6. The van der Waals surface area contributed by atoms with Crippen LogP contribution >= 0.6 is 0 Å². The molecule has 0 saturated heterocycles. The normalized spacial score (nSPS) is 13.2. The van der Waals surface area contributed by atoms with Crippen LogP contribution < -0.4 is 5.32 Å². The summed E-state index contributed by atoms with van der Waals surface area (Å²) < 4.78 is 40.0. The van der Waals surface area contributed by atoms with Gasteiger partial charge in [0.15, 0.2) is 0 Å². The second-order valence-electron chi connectivity index (χ2n) is 5.93. The largest absolute Gasteiger partial charge is 0.416 e. The number of benzene rings is 2. The number of aromatic nitrogens is 2. The van der Waals surface area contributed by atoms with Gasteiger partial charge in [0.05, 0.1) is 29.2 Å². The molecule has 25 heavy (non-hydrogen) atoms. The van der Waals surface area contributed by atoms with E-state index >= 15 is 0 Å². The van der Waals surface area contributed by atoms with E-state index in [0.29, 0.717) is 19.0 Å². The number of halogens is 3. The zero-order valence-corrected chi connectivity index (χ0v) is 13.6. The second kappa shape index (κ2) is 6.76. The molecule has 1 heterocycles. The lowest BCUT2D eigenvalue weighted by molar-refractivity contribution is -0.137. The molecule has 0 aliphatic rings. The molecule has 132 valence electrons. The molecule has 0 bridgehead atoms. The predicted molar refractivity (Wildman–Crippen MR) is 90.4 cm³/mol. The van der Waals surface area contributed by atoms with Crippen molar-refractivity contribution in [3.8, 4) is 0 Å². The highest BCUT2D eigenvalue weighted by Gasteiger charge is 2.29. The van der Waals surface area contributed by atoms with Crippen LogP contribution in [0.4, 0.5) is 19.1 Å². The summed E-state index contributed by atoms with van der Waals surface area (Å²) in [5.74, 6) is 0.571. The number of fused-ring (bicyclic) bond motifs is 1. The summed E-state index contributed by atoms with van der Waals surface area (Å²) in [4.78, 5) is 4.50. The molecule has 1 atom stereocenters. The molecule has 7 heteroatoms. The molecule has 0 fully saturated rings. The van der Waals surface area contributed by atoms with Gasteiger partial charge in [0, 0.05) is 6.54 Å². The first-order valence-corrected chi connectivity index (χ1v) is 7.88. The highest BCUT2D eigenvalue weighted by molar-refractivity contribution is 5.78. The number of imidazole rings is 1. The van der Waals surface area contributed by atoms with Gasteiger partial charge in [0.1, 0.15) is 0 Å². The molecule has 0 amide bonds. The van der Waals surface area contributed by atoms with Crippen molar-refractivity contribution in [1.29, 1.82) is 0 Å². The van der Waals surface area contributed by atoms with Gasteiger partial charge in [0.25, 0.3) is 0 Å². The van der Waals surface area contributed by atoms with E-state index in [-0.39, 0.29) is 0 Å². The van der Waals surface area contributed by atoms with Crippen LogP contribution in [0.1, 0.15) is 18.1 Å². The van der Waals surface area contributed by atoms with Gasteiger partial charge < -0.3 is 15.0 Å². The van der Waals surface area contributed by atoms with Crippen molar-refractivity contribution in [2.24, 2.45) is 0 Å². The van der Waals surface area contributed by atoms with E-state index in [0.717, 1.165) is 28.7 Å². The Morgan fingerprint density at radius 2 is 1.80 bits per heavy atom. The van der Waals surface area contributed by atoms with Crippen molar-refractivity contribution < 1.29 is 18.3 Å². The number of nitrogens with one attached hydrogen (secondary N) is 1. The molecule has 0 saturated carbocycles. The first-order valence-electron chi connectivity index (χ1n) is 7.88. The smallest absolute Gasteiger partial charge is 0.392 e. The lowest BCUT2D eigenvalue weighted by atomic mass is 10.1. The Morgan fingerprint density at radius 3 is 2.44 bits per heavy atom. The van der Waals surface area contributed by atoms with Crippen molar-refractivity contribution in [1.82, 2.24) is 9.55 Å². The maximum absolute atomic E-state index is 12.7. The molecule has 2 aromatic carbocycles. The summed E-state index contributed by atoms with van der Waals surface area (Å²) in [7, 11) is 0. The Kier molecular flexibility index (Phi) is 4.67. The first-order chi connectivity index (χ1) is 11.8. The van der Waals surface area contributed by atoms with E-state index in [2.05, 4.69) is 10.3 Å². The highest BCUT2D eigenvalue weighted by Crippen LogP contribution is 2.29. The van der Waals surface area contributed by atoms with E-state index in [9.17, 15) is 18.3 Å². The van der Waals surface area contributed by atoms with Crippen molar-refractivity contribution in [3.63, 3.8) is 0 Å². The van der Waals surface area contributed by atoms with Crippen molar-refractivity contribution in [3.05, 3.63) is 59.7 Å². The van der Waals surface area contributed by atoms with Crippen molar-refractivity contribution >= 4 is 17.0 Å². The topological polar surface area (TPSA) is 50.1 Å². The van der Waals surface area contributed by atoms with Crippen LogP contribution in [-0.2, 0) is 12.7 Å². The number of rotatable bonds is 5. The van der Waals surface area contributed by atoms with Gasteiger partial charge in [0.2, 0.25) is 5.95 Å². The summed E-state index contributed by atoms with van der Waals surface area (Å²) >= 11 is 0. The van der Waals surface area contributed by atoms with Crippen LogP contribution in [0.25, 0.3) is 11.0 Å². The average molecular weight is 349 g/mol. The van der Waals surface area contributed by atoms with Gasteiger partial charge in [-0.1, -0.05) is 24.3 Å². The van der Waals surface area contributed by atoms with Crippen molar-refractivity contribution in [2.75, 3.05) is 11.9 Å². The van der Waals surface area contributed by atoms with Gasteiger partial charge in [-0.05, 0) is 36.8 Å². The zero-order chi connectivity index (χ0) is 18.0. The molecule has 4 nitrogen and oxygen atoms in total. The van der Waals surface area contributed by atoms with Crippen molar-refractivity contribution in [2.45, 2.75) is 25.7 Å². The third kappa shape index (κ3) is 3.93. The van der Waals surface area contributed by atoms with Gasteiger partial charge in [-0.2, -0.15) is 13.2 Å². The van der Waals surface area contributed by atoms with Crippen LogP contribution in [0.2, 0.25) is 0 Å². The van der Waals surface area contributed by atoms with Crippen LogP contribution in [0, 0.1) is 0 Å². The molecule has 2 N–H and O–H groups in total. The lowest BCUT2D eigenvalue weighted by Gasteiger charge is -2.13. The molecule has 3 rings (SSSR count). The summed E-state index contributed by atoms with van der Waals surface area (Å²) in [6.45, 7) is 2.37. The fourth-order valence-corrected chi connectivity index (χ4v) is 2.59. The number of anilines is 1.